The topological polar surface area (TPSA) is 69.6 Å². The Morgan fingerprint density at radius 2 is 1.63 bits per heavy atom. The minimum absolute atomic E-state index is 0.0626. The lowest BCUT2D eigenvalue weighted by Gasteiger charge is -2.32. The van der Waals surface area contributed by atoms with Gasteiger partial charge < -0.3 is 15.3 Å². The monoisotopic (exact) mass is 490 g/mol. The number of nitrogens with one attached hydrogen (secondary N) is 1. The number of aromatic hydroxyl groups is 1. The zero-order valence-corrected chi connectivity index (χ0v) is 20.6. The standard InChI is InChI=1S/C29H31ClN2O3/c1-20(23-5-3-2-4-6-23)31-29(35)28(24-12-14-25(30)15-13-24)32(19-22-7-8-22)27(34)18-11-21-9-16-26(33)17-10-21/h2-6,9-10,12-17,20,22,28,33H,7-8,11,18-19H2,1H3,(H,31,35). The number of hydrogen-bond donors (Lipinski definition) is 2. The number of hydrogen-bond acceptors (Lipinski definition) is 3. The van der Waals surface area contributed by atoms with Crippen molar-refractivity contribution in [2.75, 3.05) is 6.54 Å². The summed E-state index contributed by atoms with van der Waals surface area (Å²) in [5, 5.41) is 13.2. The Bertz CT molecular complexity index is 1130. The second-order valence-corrected chi connectivity index (χ2v) is 9.69. The fourth-order valence-electron chi connectivity index (χ4n) is 4.22. The second-order valence-electron chi connectivity index (χ2n) is 9.25. The van der Waals surface area contributed by atoms with Gasteiger partial charge in [-0.25, -0.2) is 0 Å². The average Bonchev–Trinajstić information content (AvgIpc) is 3.69. The minimum atomic E-state index is -0.744. The molecule has 0 radical (unpaired) electrons. The maximum absolute atomic E-state index is 13.7. The van der Waals surface area contributed by atoms with Crippen LogP contribution in [0.3, 0.4) is 0 Å². The van der Waals surface area contributed by atoms with Crippen LogP contribution in [-0.2, 0) is 16.0 Å². The first kappa shape index (κ1) is 24.8. The third-order valence-electron chi connectivity index (χ3n) is 6.44. The fourth-order valence-corrected chi connectivity index (χ4v) is 4.35. The number of amides is 2. The van der Waals surface area contributed by atoms with Crippen LogP contribution in [0.4, 0.5) is 0 Å². The van der Waals surface area contributed by atoms with Crippen molar-refractivity contribution < 1.29 is 14.7 Å². The van der Waals surface area contributed by atoms with Gasteiger partial charge in [-0.1, -0.05) is 66.2 Å². The molecule has 0 aromatic heterocycles. The largest absolute Gasteiger partial charge is 0.508 e. The molecule has 1 saturated carbocycles. The number of carbonyl (C=O) groups excluding carboxylic acids is 2. The molecule has 2 amide bonds. The van der Waals surface area contributed by atoms with E-state index in [0.717, 1.165) is 29.5 Å². The molecule has 3 aromatic carbocycles. The number of nitrogens with zero attached hydrogens (tertiary/aromatic N) is 1. The number of rotatable bonds is 10. The van der Waals surface area contributed by atoms with Crippen LogP contribution in [0.15, 0.2) is 78.9 Å². The molecule has 2 N–H and O–H groups in total. The zero-order valence-electron chi connectivity index (χ0n) is 19.9. The number of benzene rings is 3. The highest BCUT2D eigenvalue weighted by Gasteiger charge is 2.36. The van der Waals surface area contributed by atoms with Crippen LogP contribution in [0.5, 0.6) is 5.75 Å². The highest BCUT2D eigenvalue weighted by molar-refractivity contribution is 6.30. The molecular weight excluding hydrogens is 460 g/mol. The molecule has 0 heterocycles. The molecule has 35 heavy (non-hydrogen) atoms. The number of carbonyl (C=O) groups is 2. The van der Waals surface area contributed by atoms with Gasteiger partial charge in [0.1, 0.15) is 11.8 Å². The Labute approximate surface area is 211 Å². The molecule has 1 fully saturated rings. The maximum Gasteiger partial charge on any atom is 0.247 e. The van der Waals surface area contributed by atoms with Crippen LogP contribution >= 0.6 is 11.6 Å². The van der Waals surface area contributed by atoms with Gasteiger partial charge in [0.05, 0.1) is 6.04 Å². The summed E-state index contributed by atoms with van der Waals surface area (Å²) in [4.78, 5) is 29.0. The highest BCUT2D eigenvalue weighted by Crippen LogP contribution is 2.34. The van der Waals surface area contributed by atoms with Crippen molar-refractivity contribution in [2.45, 2.75) is 44.7 Å². The van der Waals surface area contributed by atoms with Gasteiger partial charge in [0, 0.05) is 18.0 Å². The molecule has 3 aromatic rings. The van der Waals surface area contributed by atoms with Gasteiger partial charge in [0.2, 0.25) is 11.8 Å². The molecule has 5 nitrogen and oxygen atoms in total. The van der Waals surface area contributed by atoms with Crippen LogP contribution in [0.2, 0.25) is 5.02 Å². The summed E-state index contributed by atoms with van der Waals surface area (Å²) >= 11 is 6.13. The Kier molecular flexibility index (Phi) is 8.09. The van der Waals surface area contributed by atoms with E-state index in [9.17, 15) is 14.7 Å². The third-order valence-corrected chi connectivity index (χ3v) is 6.69. The van der Waals surface area contributed by atoms with Gasteiger partial charge in [-0.15, -0.1) is 0 Å². The lowest BCUT2D eigenvalue weighted by Crippen LogP contribution is -2.45. The van der Waals surface area contributed by atoms with Crippen molar-refractivity contribution in [3.63, 3.8) is 0 Å². The first-order valence-corrected chi connectivity index (χ1v) is 12.5. The van der Waals surface area contributed by atoms with E-state index in [4.69, 9.17) is 11.6 Å². The molecule has 0 saturated heterocycles. The van der Waals surface area contributed by atoms with E-state index >= 15 is 0 Å². The van der Waals surface area contributed by atoms with Crippen LogP contribution in [-0.4, -0.2) is 28.4 Å². The third kappa shape index (κ3) is 6.86. The molecular formula is C29H31ClN2O3. The SMILES string of the molecule is CC(NC(=O)C(c1ccc(Cl)cc1)N(CC1CC1)C(=O)CCc1ccc(O)cc1)c1ccccc1. The number of aryl methyl sites for hydroxylation is 1. The van der Waals surface area contributed by atoms with Crippen LogP contribution < -0.4 is 5.32 Å². The number of phenols is 1. The summed E-state index contributed by atoms with van der Waals surface area (Å²) in [6.07, 6.45) is 2.95. The summed E-state index contributed by atoms with van der Waals surface area (Å²) in [6.45, 7) is 2.50. The molecule has 1 aliphatic rings. The van der Waals surface area contributed by atoms with E-state index in [-0.39, 0.29) is 30.0 Å². The maximum atomic E-state index is 13.7. The summed E-state index contributed by atoms with van der Waals surface area (Å²) in [7, 11) is 0. The zero-order chi connectivity index (χ0) is 24.8. The molecule has 6 heteroatoms. The molecule has 0 bridgehead atoms. The van der Waals surface area contributed by atoms with Crippen molar-refractivity contribution in [1.82, 2.24) is 10.2 Å². The quantitative estimate of drug-likeness (QED) is 0.375. The summed E-state index contributed by atoms with van der Waals surface area (Å²) in [5.74, 6) is 0.346. The van der Waals surface area contributed by atoms with Crippen molar-refractivity contribution in [3.05, 3.63) is 101 Å². The molecule has 0 spiro atoms. The van der Waals surface area contributed by atoms with Crippen LogP contribution in [0.25, 0.3) is 0 Å². The number of phenolic OH excluding ortho intramolecular Hbond substituents is 1. The predicted octanol–water partition coefficient (Wildman–Crippen LogP) is 5.84. The van der Waals surface area contributed by atoms with E-state index in [2.05, 4.69) is 5.32 Å². The predicted molar refractivity (Wildman–Crippen MR) is 138 cm³/mol. The van der Waals surface area contributed by atoms with E-state index in [0.29, 0.717) is 23.9 Å². The Morgan fingerprint density at radius 1 is 0.971 bits per heavy atom. The van der Waals surface area contributed by atoms with E-state index in [1.165, 1.54) is 0 Å². The van der Waals surface area contributed by atoms with Gasteiger partial charge in [-0.05, 0) is 73.1 Å². The van der Waals surface area contributed by atoms with Gasteiger partial charge >= 0.3 is 0 Å². The normalized spacial score (nSPS) is 14.7. The van der Waals surface area contributed by atoms with Crippen LogP contribution in [0, 0.1) is 5.92 Å². The Hall–Kier alpha value is -3.31. The lowest BCUT2D eigenvalue weighted by atomic mass is 10.0. The van der Waals surface area contributed by atoms with Gasteiger partial charge in [0.15, 0.2) is 0 Å². The Balaban J connectivity index is 1.58. The average molecular weight is 491 g/mol. The van der Waals surface area contributed by atoms with Crippen molar-refractivity contribution in [2.24, 2.45) is 5.92 Å². The van der Waals surface area contributed by atoms with Crippen molar-refractivity contribution in [1.29, 1.82) is 0 Å². The summed E-state index contributed by atoms with van der Waals surface area (Å²) < 4.78 is 0. The lowest BCUT2D eigenvalue weighted by molar-refractivity contribution is -0.141. The smallest absolute Gasteiger partial charge is 0.247 e. The summed E-state index contributed by atoms with van der Waals surface area (Å²) in [6, 6.07) is 22.9. The molecule has 0 aliphatic heterocycles. The molecule has 4 rings (SSSR count). The first-order valence-electron chi connectivity index (χ1n) is 12.1. The second kappa shape index (κ2) is 11.4. The highest BCUT2D eigenvalue weighted by atomic mass is 35.5. The van der Waals surface area contributed by atoms with E-state index in [1.807, 2.05) is 61.5 Å². The van der Waals surface area contributed by atoms with Gasteiger partial charge in [-0.3, -0.25) is 9.59 Å². The van der Waals surface area contributed by atoms with Gasteiger partial charge in [-0.2, -0.15) is 0 Å². The van der Waals surface area contributed by atoms with E-state index in [1.54, 1.807) is 29.2 Å². The molecule has 2 unspecified atom stereocenters. The number of halogens is 1. The molecule has 2 atom stereocenters. The van der Waals surface area contributed by atoms with E-state index < -0.39 is 6.04 Å². The molecule has 1 aliphatic carbocycles. The Morgan fingerprint density at radius 3 is 2.26 bits per heavy atom. The summed E-state index contributed by atoms with van der Waals surface area (Å²) in [5.41, 5.74) is 2.71. The fraction of sp³-hybridized carbons (Fsp3) is 0.310. The molecule has 182 valence electrons. The van der Waals surface area contributed by atoms with Crippen molar-refractivity contribution in [3.8, 4) is 5.75 Å². The first-order chi connectivity index (χ1) is 16.9. The van der Waals surface area contributed by atoms with Crippen molar-refractivity contribution >= 4 is 23.4 Å². The minimum Gasteiger partial charge on any atom is -0.508 e. The van der Waals surface area contributed by atoms with Crippen LogP contribution in [0.1, 0.15) is 55.0 Å². The van der Waals surface area contributed by atoms with Gasteiger partial charge in [0.25, 0.3) is 0 Å².